The quantitative estimate of drug-likeness (QED) is 0.256. The molecule has 0 unspecified atom stereocenters. The molecule has 0 fully saturated rings. The van der Waals surface area contributed by atoms with Crippen molar-refractivity contribution in [1.82, 2.24) is 0 Å². The number of nitrogens with two attached hydrogens (primary N) is 2. The molecule has 0 bridgehead atoms. The predicted octanol–water partition coefficient (Wildman–Crippen LogP) is -0.936. The second kappa shape index (κ2) is 9.52. The topological polar surface area (TPSA) is 100.0 Å². The molecule has 0 aliphatic rings. The first kappa shape index (κ1) is 19.6. The fraction of sp³-hybridized carbons (Fsp3) is 0.333. The number of hydrogen-bond acceptors (Lipinski definition) is 7. The van der Waals surface area contributed by atoms with Gasteiger partial charge in [0.2, 0.25) is 0 Å². The van der Waals surface area contributed by atoms with Gasteiger partial charge in [-0.25, -0.2) is 21.0 Å². The summed E-state index contributed by atoms with van der Waals surface area (Å²) in [5.41, 5.74) is 0.721. The Balaban J connectivity index is 0. The average molecular weight is 337 g/mol. The maximum atomic E-state index is 9.43. The van der Waals surface area contributed by atoms with Crippen molar-refractivity contribution >= 4 is 30.1 Å². The van der Waals surface area contributed by atoms with Gasteiger partial charge in [0.1, 0.15) is 11.5 Å². The van der Waals surface area contributed by atoms with Crippen LogP contribution in [0.25, 0.3) is 0 Å². The Morgan fingerprint density at radius 1 is 1.37 bits per heavy atom. The molecule has 10 heteroatoms. The third kappa shape index (κ3) is 6.27. The molecule has 0 saturated heterocycles. The Kier molecular flexibility index (Phi) is 9.82. The van der Waals surface area contributed by atoms with E-state index in [1.54, 1.807) is 6.07 Å². The van der Waals surface area contributed by atoms with Gasteiger partial charge in [-0.05, 0) is 36.6 Å². The van der Waals surface area contributed by atoms with Crippen LogP contribution in [0.3, 0.4) is 0 Å². The van der Waals surface area contributed by atoms with E-state index in [0.717, 1.165) is 12.0 Å². The van der Waals surface area contributed by atoms with Gasteiger partial charge in [0.15, 0.2) is 0 Å². The van der Waals surface area contributed by atoms with Crippen LogP contribution in [0.5, 0.6) is 11.5 Å². The molecule has 0 amide bonds. The summed E-state index contributed by atoms with van der Waals surface area (Å²) in [6.45, 7) is -3.20. The molecular weight excluding hydrogens is 322 g/mol. The van der Waals surface area contributed by atoms with Crippen molar-refractivity contribution in [3.8, 4) is 11.5 Å². The molecule has 0 aromatic heterocycles. The van der Waals surface area contributed by atoms with Crippen molar-refractivity contribution in [3.05, 3.63) is 23.8 Å². The maximum absolute atomic E-state index is 9.43. The number of benzene rings is 1. The smallest absolute Gasteiger partial charge is 1.00 e. The molecule has 0 spiro atoms. The number of aryl methyl sites for hydroxylation is 1. The van der Waals surface area contributed by atoms with E-state index >= 15 is 0 Å². The third-order valence-corrected chi connectivity index (χ3v) is 4.04. The zero-order valence-electron chi connectivity index (χ0n) is 11.4. The zero-order valence-corrected chi connectivity index (χ0v) is 14.9. The molecule has 5 N–H and O–H groups in total. The van der Waals surface area contributed by atoms with E-state index in [1.165, 1.54) is 12.1 Å². The number of aromatic hydroxyl groups is 1. The summed E-state index contributed by atoms with van der Waals surface area (Å²) in [5, 5.41) is 9.43. The van der Waals surface area contributed by atoms with Crippen molar-refractivity contribution in [3.63, 3.8) is 0 Å². The second-order valence-electron chi connectivity index (χ2n) is 3.33. The molecule has 6 nitrogen and oxygen atoms in total. The Morgan fingerprint density at radius 2 is 2.00 bits per heavy atom. The Morgan fingerprint density at radius 3 is 2.53 bits per heavy atom. The Labute approximate surface area is 145 Å². The summed E-state index contributed by atoms with van der Waals surface area (Å²) < 4.78 is 14.3. The monoisotopic (exact) mass is 336 g/mol. The van der Waals surface area contributed by atoms with Crippen LogP contribution in [0, 0.1) is 0 Å². The van der Waals surface area contributed by atoms with Gasteiger partial charge in [-0.15, -0.1) is 11.6 Å². The Hall–Kier alpha value is 0.600. The van der Waals surface area contributed by atoms with Crippen LogP contribution in [0.15, 0.2) is 18.2 Å². The summed E-state index contributed by atoms with van der Waals surface area (Å²) in [5.74, 6) is 11.0. The summed E-state index contributed by atoms with van der Waals surface area (Å²) in [7, 11) is 0. The summed E-state index contributed by atoms with van der Waals surface area (Å²) in [6.07, 6.45) is 1.33. The number of hydrogen-bond donors (Lipinski definition) is 3. The van der Waals surface area contributed by atoms with Gasteiger partial charge < -0.3 is 11.1 Å². The van der Waals surface area contributed by atoms with Gasteiger partial charge in [0.05, 0.1) is 0 Å². The summed E-state index contributed by atoms with van der Waals surface area (Å²) in [4.78, 5) is 0. The van der Waals surface area contributed by atoms with E-state index in [9.17, 15) is 5.11 Å². The molecule has 1 rings (SSSR count). The van der Waals surface area contributed by atoms with E-state index in [0.29, 0.717) is 18.1 Å². The molecule has 1 aromatic rings. The minimum Gasteiger partial charge on any atom is -1.00 e. The molecule has 0 aliphatic carbocycles. The first-order chi connectivity index (χ1) is 8.54. The van der Waals surface area contributed by atoms with Crippen LogP contribution in [-0.2, 0) is 27.5 Å². The largest absolute Gasteiger partial charge is 1.00 e. The Bertz CT molecular complexity index is 452. The maximum Gasteiger partial charge on any atom is 1.00 e. The van der Waals surface area contributed by atoms with Crippen molar-refractivity contribution in [1.29, 1.82) is 0 Å². The van der Waals surface area contributed by atoms with E-state index in [2.05, 4.69) is 9.25 Å². The minimum absolute atomic E-state index is 0. The fourth-order valence-corrected chi connectivity index (χ4v) is 2.23. The number of halogens is 1. The van der Waals surface area contributed by atoms with Crippen LogP contribution in [0.2, 0.25) is 0 Å². The molecular formula is C9H15ClN2NaO4PS. The zero-order chi connectivity index (χ0) is 13.6. The average Bonchev–Trinajstić information content (AvgIpc) is 2.38. The molecule has 0 heterocycles. The first-order valence-corrected chi connectivity index (χ1v) is 8.08. The van der Waals surface area contributed by atoms with Crippen LogP contribution < -0.4 is 45.9 Å². The summed E-state index contributed by atoms with van der Waals surface area (Å²) in [6, 6.07) is 4.54. The molecule has 0 atom stereocenters. The van der Waals surface area contributed by atoms with Gasteiger partial charge in [0, 0.05) is 17.7 Å². The second-order valence-corrected chi connectivity index (χ2v) is 6.55. The molecule has 19 heavy (non-hydrogen) atoms. The van der Waals surface area contributed by atoms with Gasteiger partial charge in [-0.2, -0.15) is 0 Å². The van der Waals surface area contributed by atoms with E-state index in [-0.39, 0.29) is 36.7 Å². The number of alkyl halides is 1. The number of phenols is 1. The molecule has 0 aliphatic heterocycles. The van der Waals surface area contributed by atoms with Crippen LogP contribution >= 0.6 is 18.3 Å². The van der Waals surface area contributed by atoms with Crippen molar-refractivity contribution < 1.29 is 49.9 Å². The first-order valence-electron chi connectivity index (χ1n) is 4.99. The molecule has 0 saturated carbocycles. The van der Waals surface area contributed by atoms with Crippen molar-refractivity contribution in [2.24, 2.45) is 11.8 Å². The van der Waals surface area contributed by atoms with E-state index < -0.39 is 6.72 Å². The summed E-state index contributed by atoms with van der Waals surface area (Å²) >= 11 is 10.5. The normalized spacial score (nSPS) is 10.9. The minimum atomic E-state index is -3.20. The van der Waals surface area contributed by atoms with Crippen LogP contribution in [-0.4, -0.2) is 11.0 Å². The van der Waals surface area contributed by atoms with Gasteiger partial charge in [-0.3, -0.25) is 0 Å². The predicted molar refractivity (Wildman–Crippen MR) is 73.7 cm³/mol. The number of phenolic OH excluding ortho intramolecular Hbond substituents is 1. The van der Waals surface area contributed by atoms with Crippen molar-refractivity contribution in [2.45, 2.75) is 12.8 Å². The van der Waals surface area contributed by atoms with Crippen LogP contribution in [0.1, 0.15) is 13.4 Å². The van der Waals surface area contributed by atoms with Crippen LogP contribution in [0.4, 0.5) is 0 Å². The molecule has 1 aromatic carbocycles. The standard InChI is InChI=1S/C9H14ClN2O4PS.Na.H/c10-5-1-2-7-6-8(13)3-4-9(7)14-17(18,15-11)16-12;;/h3-4,6,13H,1-2,5,11-12H2;;/q;+1;-1. The van der Waals surface area contributed by atoms with Crippen molar-refractivity contribution in [2.75, 3.05) is 5.88 Å². The van der Waals surface area contributed by atoms with Gasteiger partial charge in [0.25, 0.3) is 0 Å². The number of rotatable bonds is 7. The van der Waals surface area contributed by atoms with E-state index in [1.807, 2.05) is 0 Å². The fourth-order valence-electron chi connectivity index (χ4n) is 1.30. The van der Waals surface area contributed by atoms with E-state index in [4.69, 9.17) is 39.7 Å². The third-order valence-electron chi connectivity index (χ3n) is 2.09. The molecule has 0 radical (unpaired) electrons. The molecule has 104 valence electrons. The van der Waals surface area contributed by atoms with Gasteiger partial charge >= 0.3 is 36.3 Å². The SMILES string of the molecule is NOP(=S)(ON)Oc1ccc(O)cc1CCCCl.[H-].[Na+]. The van der Waals surface area contributed by atoms with Gasteiger partial charge in [-0.1, -0.05) is 0 Å².